The number of thiocarbonyl (C=S) groups is 1. The van der Waals surface area contributed by atoms with Gasteiger partial charge in [0.1, 0.15) is 4.32 Å². The van der Waals surface area contributed by atoms with Crippen molar-refractivity contribution in [2.24, 2.45) is 0 Å². The van der Waals surface area contributed by atoms with Crippen LogP contribution in [0.4, 0.5) is 0 Å². The molecule has 1 N–H and O–H groups in total. The van der Waals surface area contributed by atoms with Gasteiger partial charge in [-0.1, -0.05) is 24.0 Å². The fraction of sp³-hybridized carbons (Fsp3) is 0.857. The van der Waals surface area contributed by atoms with Crippen molar-refractivity contribution in [2.45, 2.75) is 6.92 Å². The molecule has 0 bridgehead atoms. The summed E-state index contributed by atoms with van der Waals surface area (Å²) in [7, 11) is 0. The lowest BCUT2D eigenvalue weighted by molar-refractivity contribution is 0.170. The lowest BCUT2D eigenvalue weighted by atomic mass is 10.5. The van der Waals surface area contributed by atoms with Crippen LogP contribution in [-0.4, -0.2) is 51.5 Å². The van der Waals surface area contributed by atoms with E-state index in [2.05, 4.69) is 16.7 Å². The number of rotatable bonds is 3. The number of thioether (sulfide) groups is 1. The molecule has 1 aliphatic rings. The predicted molar refractivity (Wildman–Crippen MR) is 56.1 cm³/mol. The van der Waals surface area contributed by atoms with E-state index in [0.717, 1.165) is 30.0 Å². The third kappa shape index (κ3) is 2.58. The van der Waals surface area contributed by atoms with E-state index in [0.29, 0.717) is 0 Å². The van der Waals surface area contributed by atoms with Crippen molar-refractivity contribution in [1.29, 1.82) is 0 Å². The van der Waals surface area contributed by atoms with E-state index >= 15 is 0 Å². The van der Waals surface area contributed by atoms with Gasteiger partial charge in [-0.05, 0) is 6.92 Å². The normalized spacial score (nSPS) is 20.2. The Kier molecular flexibility index (Phi) is 4.28. The topological polar surface area (TPSA) is 26.7 Å². The highest BCUT2D eigenvalue weighted by Crippen LogP contribution is 2.17. The number of β-amino-alcohol motifs (C(OH)–C–C–N with tert-alkyl or cyclic N) is 1. The number of aliphatic hydroxyl groups is 1. The summed E-state index contributed by atoms with van der Waals surface area (Å²) in [4.78, 5) is 4.32. The first kappa shape index (κ1) is 10.2. The maximum absolute atomic E-state index is 8.74. The molecule has 0 unspecified atom stereocenters. The summed E-state index contributed by atoms with van der Waals surface area (Å²) in [5.41, 5.74) is 0. The molecule has 0 aliphatic carbocycles. The Balaban J connectivity index is 2.38. The van der Waals surface area contributed by atoms with Gasteiger partial charge in [0.05, 0.1) is 19.2 Å². The summed E-state index contributed by atoms with van der Waals surface area (Å²) < 4.78 is 0.978. The summed E-state index contributed by atoms with van der Waals surface area (Å²) in [6.45, 7) is 4.88. The average Bonchev–Trinajstić information content (AvgIpc) is 2.09. The van der Waals surface area contributed by atoms with Crippen LogP contribution in [0, 0.1) is 0 Å². The Labute approximate surface area is 82.7 Å². The van der Waals surface area contributed by atoms with E-state index in [1.54, 1.807) is 11.8 Å². The van der Waals surface area contributed by atoms with Crippen molar-refractivity contribution >= 4 is 28.3 Å². The highest BCUT2D eigenvalue weighted by Gasteiger charge is 2.19. The Morgan fingerprint density at radius 2 is 2.42 bits per heavy atom. The maximum atomic E-state index is 8.74. The molecule has 0 atom stereocenters. The maximum Gasteiger partial charge on any atom is 0.138 e. The minimum Gasteiger partial charge on any atom is -0.395 e. The molecule has 3 nitrogen and oxygen atoms in total. The number of nitrogens with zero attached hydrogens (tertiary/aromatic N) is 2. The molecule has 0 aromatic heterocycles. The van der Waals surface area contributed by atoms with Crippen molar-refractivity contribution < 1.29 is 5.11 Å². The van der Waals surface area contributed by atoms with Gasteiger partial charge in [0.15, 0.2) is 0 Å². The number of aliphatic hydroxyl groups excluding tert-OH is 1. The van der Waals surface area contributed by atoms with Gasteiger partial charge in [0.2, 0.25) is 0 Å². The Morgan fingerprint density at radius 1 is 1.67 bits per heavy atom. The second-order valence-electron chi connectivity index (χ2n) is 2.65. The van der Waals surface area contributed by atoms with E-state index in [9.17, 15) is 0 Å². The van der Waals surface area contributed by atoms with Gasteiger partial charge >= 0.3 is 0 Å². The molecule has 1 saturated heterocycles. The molecule has 0 amide bonds. The Morgan fingerprint density at radius 3 is 3.00 bits per heavy atom. The first-order valence-corrected chi connectivity index (χ1v) is 5.42. The van der Waals surface area contributed by atoms with Gasteiger partial charge in [0.25, 0.3) is 0 Å². The molecule has 0 spiro atoms. The summed E-state index contributed by atoms with van der Waals surface area (Å²) in [6, 6.07) is 0. The molecule has 12 heavy (non-hydrogen) atoms. The zero-order valence-electron chi connectivity index (χ0n) is 7.19. The van der Waals surface area contributed by atoms with Crippen LogP contribution in [-0.2, 0) is 0 Å². The van der Waals surface area contributed by atoms with Crippen LogP contribution < -0.4 is 0 Å². The second-order valence-corrected chi connectivity index (χ2v) is 4.23. The van der Waals surface area contributed by atoms with Crippen LogP contribution in [0.25, 0.3) is 0 Å². The highest BCUT2D eigenvalue weighted by atomic mass is 32.2. The fourth-order valence-electron chi connectivity index (χ4n) is 1.08. The molecular weight excluding hydrogens is 192 g/mol. The van der Waals surface area contributed by atoms with Crippen LogP contribution in [0.1, 0.15) is 6.92 Å². The molecule has 1 heterocycles. The monoisotopic (exact) mass is 206 g/mol. The lowest BCUT2D eigenvalue weighted by Gasteiger charge is -2.35. The summed E-state index contributed by atoms with van der Waals surface area (Å²) in [5, 5.41) is 8.74. The molecule has 1 aliphatic heterocycles. The van der Waals surface area contributed by atoms with Gasteiger partial charge in [-0.2, -0.15) is 0 Å². The molecule has 1 fully saturated rings. The van der Waals surface area contributed by atoms with Crippen LogP contribution in [0.2, 0.25) is 0 Å². The van der Waals surface area contributed by atoms with E-state index in [4.69, 9.17) is 17.3 Å². The van der Waals surface area contributed by atoms with Gasteiger partial charge in [-0.15, -0.1) is 0 Å². The van der Waals surface area contributed by atoms with Gasteiger partial charge in [-0.25, -0.2) is 0 Å². The molecule has 0 aromatic carbocycles. The molecule has 0 saturated carbocycles. The highest BCUT2D eigenvalue weighted by molar-refractivity contribution is 8.22. The standard InChI is InChI=1S/C7H14N2OS2/c1-2-9-5-8(3-4-10)6-12-7(9)11/h10H,2-6H2,1H3. The van der Waals surface area contributed by atoms with Gasteiger partial charge < -0.3 is 10.0 Å². The summed E-state index contributed by atoms with van der Waals surface area (Å²) >= 11 is 6.83. The third-order valence-electron chi connectivity index (χ3n) is 1.80. The van der Waals surface area contributed by atoms with Gasteiger partial charge in [-0.3, -0.25) is 4.90 Å². The molecule has 0 radical (unpaired) electrons. The zero-order valence-corrected chi connectivity index (χ0v) is 8.83. The number of hydrogen-bond donors (Lipinski definition) is 1. The molecule has 0 aromatic rings. The lowest BCUT2D eigenvalue weighted by Crippen LogP contribution is -2.45. The van der Waals surface area contributed by atoms with Gasteiger partial charge in [0, 0.05) is 13.1 Å². The summed E-state index contributed by atoms with van der Waals surface area (Å²) in [6.07, 6.45) is 0. The average molecular weight is 206 g/mol. The van der Waals surface area contributed by atoms with Crippen LogP contribution >= 0.6 is 24.0 Å². The van der Waals surface area contributed by atoms with E-state index in [1.165, 1.54) is 0 Å². The minimum absolute atomic E-state index is 0.227. The number of hydrogen-bond acceptors (Lipinski definition) is 4. The summed E-state index contributed by atoms with van der Waals surface area (Å²) in [5.74, 6) is 0.913. The predicted octanol–water partition coefficient (Wildman–Crippen LogP) is 0.549. The molecule has 70 valence electrons. The van der Waals surface area contributed by atoms with Crippen LogP contribution in [0.3, 0.4) is 0 Å². The van der Waals surface area contributed by atoms with Crippen LogP contribution in [0.15, 0.2) is 0 Å². The van der Waals surface area contributed by atoms with Crippen molar-refractivity contribution in [2.75, 3.05) is 32.2 Å². The zero-order chi connectivity index (χ0) is 8.97. The first-order valence-electron chi connectivity index (χ1n) is 4.03. The quantitative estimate of drug-likeness (QED) is 0.681. The van der Waals surface area contributed by atoms with E-state index in [1.807, 2.05) is 0 Å². The molecule has 1 rings (SSSR count). The smallest absolute Gasteiger partial charge is 0.138 e. The van der Waals surface area contributed by atoms with Crippen molar-refractivity contribution in [1.82, 2.24) is 9.80 Å². The van der Waals surface area contributed by atoms with E-state index in [-0.39, 0.29) is 6.61 Å². The molecule has 5 heteroatoms. The van der Waals surface area contributed by atoms with Crippen molar-refractivity contribution in [3.63, 3.8) is 0 Å². The van der Waals surface area contributed by atoms with Crippen LogP contribution in [0.5, 0.6) is 0 Å². The second kappa shape index (κ2) is 5.01. The third-order valence-corrected chi connectivity index (χ3v) is 3.41. The van der Waals surface area contributed by atoms with Crippen molar-refractivity contribution in [3.05, 3.63) is 0 Å². The Bertz CT molecular complexity index is 165. The fourth-order valence-corrected chi connectivity index (χ4v) is 2.30. The molecular formula is C7H14N2OS2. The Hall–Kier alpha value is 0.160. The largest absolute Gasteiger partial charge is 0.395 e. The minimum atomic E-state index is 0.227. The van der Waals surface area contributed by atoms with E-state index < -0.39 is 0 Å². The SMILES string of the molecule is CCN1CN(CCO)CSC1=S. The first-order chi connectivity index (χ1) is 5.77. The van der Waals surface area contributed by atoms with Crippen molar-refractivity contribution in [3.8, 4) is 0 Å².